The van der Waals surface area contributed by atoms with E-state index < -0.39 is 0 Å². The van der Waals surface area contributed by atoms with Crippen molar-refractivity contribution in [3.8, 4) is 11.3 Å². The van der Waals surface area contributed by atoms with Gasteiger partial charge in [-0.05, 0) is 13.0 Å². The Hall–Kier alpha value is -1.13. The molecule has 0 saturated heterocycles. The molecule has 2 aromatic rings. The van der Waals surface area contributed by atoms with E-state index in [1.807, 2.05) is 29.1 Å². The maximum absolute atomic E-state index is 5.74. The summed E-state index contributed by atoms with van der Waals surface area (Å²) in [5, 5.41) is 4.34. The van der Waals surface area contributed by atoms with Crippen LogP contribution < -0.4 is 5.73 Å². The summed E-state index contributed by atoms with van der Waals surface area (Å²) in [4.78, 5) is 0. The van der Waals surface area contributed by atoms with E-state index in [9.17, 15) is 0 Å². The van der Waals surface area contributed by atoms with Crippen LogP contribution in [-0.2, 0) is 13.1 Å². The number of nitrogens with two attached hydrogens (primary N) is 1. The standard InChI is InChI=1S/C12H14BrN3/c1-2-16-12(9(7-14)8-15-16)10-5-3-4-6-11(10)13/h3-6,8H,2,7,14H2,1H3. The highest BCUT2D eigenvalue weighted by Gasteiger charge is 2.12. The van der Waals surface area contributed by atoms with Crippen LogP contribution in [0.25, 0.3) is 11.3 Å². The van der Waals surface area contributed by atoms with Gasteiger partial charge in [-0.3, -0.25) is 4.68 Å². The molecule has 1 heterocycles. The van der Waals surface area contributed by atoms with Crippen LogP contribution in [-0.4, -0.2) is 9.78 Å². The van der Waals surface area contributed by atoms with Crippen molar-refractivity contribution in [2.45, 2.75) is 20.0 Å². The summed E-state index contributed by atoms with van der Waals surface area (Å²) in [5.74, 6) is 0. The number of halogens is 1. The van der Waals surface area contributed by atoms with E-state index in [1.165, 1.54) is 0 Å². The fourth-order valence-corrected chi connectivity index (χ4v) is 2.25. The predicted octanol–water partition coefficient (Wildman–Crippen LogP) is 2.79. The van der Waals surface area contributed by atoms with Gasteiger partial charge in [0.15, 0.2) is 0 Å². The Morgan fingerprint density at radius 1 is 1.38 bits per heavy atom. The van der Waals surface area contributed by atoms with Crippen molar-refractivity contribution in [2.24, 2.45) is 5.73 Å². The van der Waals surface area contributed by atoms with Crippen LogP contribution in [0, 0.1) is 0 Å². The van der Waals surface area contributed by atoms with Gasteiger partial charge in [-0.25, -0.2) is 0 Å². The third-order valence-electron chi connectivity index (χ3n) is 2.56. The summed E-state index contributed by atoms with van der Waals surface area (Å²) in [6, 6.07) is 8.13. The highest BCUT2D eigenvalue weighted by molar-refractivity contribution is 9.10. The molecule has 3 nitrogen and oxygen atoms in total. The van der Waals surface area contributed by atoms with Crippen LogP contribution in [0.3, 0.4) is 0 Å². The van der Waals surface area contributed by atoms with Crippen LogP contribution in [0.4, 0.5) is 0 Å². The van der Waals surface area contributed by atoms with Crippen molar-refractivity contribution in [3.05, 3.63) is 40.5 Å². The molecule has 1 aromatic heterocycles. The minimum Gasteiger partial charge on any atom is -0.326 e. The van der Waals surface area contributed by atoms with Crippen molar-refractivity contribution in [1.82, 2.24) is 9.78 Å². The van der Waals surface area contributed by atoms with Gasteiger partial charge in [-0.2, -0.15) is 5.10 Å². The van der Waals surface area contributed by atoms with E-state index in [0.29, 0.717) is 6.54 Å². The Morgan fingerprint density at radius 3 is 2.75 bits per heavy atom. The van der Waals surface area contributed by atoms with Crippen LogP contribution in [0.5, 0.6) is 0 Å². The minimum absolute atomic E-state index is 0.511. The normalized spacial score (nSPS) is 10.7. The summed E-state index contributed by atoms with van der Waals surface area (Å²) in [6.45, 7) is 3.43. The lowest BCUT2D eigenvalue weighted by Crippen LogP contribution is -2.03. The molecule has 84 valence electrons. The number of benzene rings is 1. The third kappa shape index (κ3) is 1.90. The molecular formula is C12H14BrN3. The lowest BCUT2D eigenvalue weighted by atomic mass is 10.1. The molecule has 1 aromatic carbocycles. The van der Waals surface area contributed by atoms with Gasteiger partial charge in [-0.15, -0.1) is 0 Å². The molecule has 16 heavy (non-hydrogen) atoms. The zero-order valence-electron chi connectivity index (χ0n) is 9.15. The van der Waals surface area contributed by atoms with Crippen molar-refractivity contribution in [1.29, 1.82) is 0 Å². The van der Waals surface area contributed by atoms with Gasteiger partial charge >= 0.3 is 0 Å². The quantitative estimate of drug-likeness (QED) is 0.939. The Balaban J connectivity index is 2.62. The Bertz CT molecular complexity index is 469. The van der Waals surface area contributed by atoms with E-state index in [1.54, 1.807) is 0 Å². The predicted molar refractivity (Wildman–Crippen MR) is 68.9 cm³/mol. The molecule has 0 unspecified atom stereocenters. The Morgan fingerprint density at radius 2 is 2.12 bits per heavy atom. The molecule has 0 aliphatic rings. The van der Waals surface area contributed by atoms with Gasteiger partial charge in [0.1, 0.15) is 0 Å². The lowest BCUT2D eigenvalue weighted by Gasteiger charge is -2.09. The van der Waals surface area contributed by atoms with Crippen LogP contribution in [0.15, 0.2) is 34.9 Å². The first-order valence-corrected chi connectivity index (χ1v) is 6.06. The molecule has 0 atom stereocenters. The van der Waals surface area contributed by atoms with Crippen LogP contribution >= 0.6 is 15.9 Å². The largest absolute Gasteiger partial charge is 0.326 e. The topological polar surface area (TPSA) is 43.8 Å². The zero-order chi connectivity index (χ0) is 11.5. The maximum Gasteiger partial charge on any atom is 0.0738 e. The lowest BCUT2D eigenvalue weighted by molar-refractivity contribution is 0.666. The van der Waals surface area contributed by atoms with E-state index in [-0.39, 0.29) is 0 Å². The molecule has 0 bridgehead atoms. The van der Waals surface area contributed by atoms with Gasteiger partial charge in [0.25, 0.3) is 0 Å². The number of hydrogen-bond donors (Lipinski definition) is 1. The van der Waals surface area contributed by atoms with E-state index in [2.05, 4.69) is 34.0 Å². The van der Waals surface area contributed by atoms with Gasteiger partial charge in [0.2, 0.25) is 0 Å². The van der Waals surface area contributed by atoms with Gasteiger partial charge in [0.05, 0.1) is 11.9 Å². The summed E-state index contributed by atoms with van der Waals surface area (Å²) in [5.41, 5.74) is 9.06. The molecule has 0 radical (unpaired) electrons. The van der Waals surface area contributed by atoms with Crippen LogP contribution in [0.2, 0.25) is 0 Å². The first-order valence-electron chi connectivity index (χ1n) is 5.27. The minimum atomic E-state index is 0.511. The highest BCUT2D eigenvalue weighted by Crippen LogP contribution is 2.30. The SMILES string of the molecule is CCn1ncc(CN)c1-c1ccccc1Br. The first kappa shape index (κ1) is 11.4. The number of nitrogens with zero attached hydrogens (tertiary/aromatic N) is 2. The Kier molecular flexibility index (Phi) is 3.41. The summed E-state index contributed by atoms with van der Waals surface area (Å²) < 4.78 is 3.04. The van der Waals surface area contributed by atoms with Gasteiger partial charge in [0, 0.05) is 28.7 Å². The van der Waals surface area contributed by atoms with E-state index in [0.717, 1.165) is 27.8 Å². The highest BCUT2D eigenvalue weighted by atomic mass is 79.9. The number of aryl methyl sites for hydroxylation is 1. The zero-order valence-corrected chi connectivity index (χ0v) is 10.7. The summed E-state index contributed by atoms with van der Waals surface area (Å²) in [6.07, 6.45) is 1.85. The second-order valence-electron chi connectivity index (χ2n) is 3.52. The molecule has 0 spiro atoms. The third-order valence-corrected chi connectivity index (χ3v) is 3.26. The molecular weight excluding hydrogens is 266 g/mol. The molecule has 0 saturated carbocycles. The number of rotatable bonds is 3. The van der Waals surface area contributed by atoms with Crippen molar-refractivity contribution in [3.63, 3.8) is 0 Å². The number of hydrogen-bond acceptors (Lipinski definition) is 2. The van der Waals surface area contributed by atoms with Crippen molar-refractivity contribution < 1.29 is 0 Å². The van der Waals surface area contributed by atoms with Crippen molar-refractivity contribution in [2.75, 3.05) is 0 Å². The Labute approximate surface area is 103 Å². The molecule has 4 heteroatoms. The smallest absolute Gasteiger partial charge is 0.0738 e. The molecule has 0 fully saturated rings. The average Bonchev–Trinajstić information content (AvgIpc) is 2.72. The molecule has 0 aliphatic heterocycles. The molecule has 2 N–H and O–H groups in total. The maximum atomic E-state index is 5.74. The van der Waals surface area contributed by atoms with Crippen LogP contribution in [0.1, 0.15) is 12.5 Å². The van der Waals surface area contributed by atoms with Crippen molar-refractivity contribution >= 4 is 15.9 Å². The molecule has 0 aliphatic carbocycles. The summed E-state index contributed by atoms with van der Waals surface area (Å²) in [7, 11) is 0. The summed E-state index contributed by atoms with van der Waals surface area (Å²) >= 11 is 3.56. The second kappa shape index (κ2) is 4.80. The first-order chi connectivity index (χ1) is 7.77. The average molecular weight is 280 g/mol. The molecule has 0 amide bonds. The second-order valence-corrected chi connectivity index (χ2v) is 4.37. The van der Waals surface area contributed by atoms with Gasteiger partial charge in [-0.1, -0.05) is 34.1 Å². The van der Waals surface area contributed by atoms with E-state index in [4.69, 9.17) is 5.73 Å². The van der Waals surface area contributed by atoms with Gasteiger partial charge < -0.3 is 5.73 Å². The fourth-order valence-electron chi connectivity index (χ4n) is 1.78. The van der Waals surface area contributed by atoms with E-state index >= 15 is 0 Å². The molecule has 2 rings (SSSR count). The number of aromatic nitrogens is 2. The fraction of sp³-hybridized carbons (Fsp3) is 0.250. The monoisotopic (exact) mass is 279 g/mol.